The van der Waals surface area contributed by atoms with Gasteiger partial charge in [0.25, 0.3) is 0 Å². The minimum absolute atomic E-state index is 0.182. The van der Waals surface area contributed by atoms with Crippen molar-refractivity contribution in [2.75, 3.05) is 13.2 Å². The minimum atomic E-state index is -0.864. The zero-order valence-electron chi connectivity index (χ0n) is 14.1. The SMILES string of the molecule is CCCCOC(OCCCC)[SiH2]/C(CCC)=C(\C)C(=O)O. The van der Waals surface area contributed by atoms with Gasteiger partial charge in [0.15, 0.2) is 0 Å². The van der Waals surface area contributed by atoms with Gasteiger partial charge in [-0.3, -0.25) is 0 Å². The van der Waals surface area contributed by atoms with Gasteiger partial charge in [0.05, 0.1) is 0 Å². The van der Waals surface area contributed by atoms with Crippen LogP contribution in [0.1, 0.15) is 66.2 Å². The first-order valence-electron chi connectivity index (χ1n) is 8.21. The Morgan fingerprint density at radius 3 is 1.95 bits per heavy atom. The van der Waals surface area contributed by atoms with Gasteiger partial charge in [-0.25, -0.2) is 4.79 Å². The molecule has 0 radical (unpaired) electrons. The molecular weight excluding hydrogens is 284 g/mol. The van der Waals surface area contributed by atoms with Crippen molar-refractivity contribution in [1.29, 1.82) is 0 Å². The van der Waals surface area contributed by atoms with E-state index in [9.17, 15) is 9.90 Å². The van der Waals surface area contributed by atoms with Gasteiger partial charge in [0, 0.05) is 18.8 Å². The van der Waals surface area contributed by atoms with E-state index in [-0.39, 0.29) is 5.91 Å². The first kappa shape index (κ1) is 20.3. The van der Waals surface area contributed by atoms with E-state index in [0.29, 0.717) is 18.8 Å². The zero-order chi connectivity index (χ0) is 16.1. The first-order chi connectivity index (χ1) is 10.1. The summed E-state index contributed by atoms with van der Waals surface area (Å²) in [6.45, 7) is 9.44. The second-order valence-corrected chi connectivity index (χ2v) is 7.29. The summed E-state index contributed by atoms with van der Waals surface area (Å²) in [5, 5.41) is 10.3. The highest BCUT2D eigenvalue weighted by molar-refractivity contribution is 6.47. The molecule has 0 aliphatic rings. The van der Waals surface area contributed by atoms with Crippen molar-refractivity contribution >= 4 is 15.5 Å². The smallest absolute Gasteiger partial charge is 0.330 e. The molecule has 0 aliphatic heterocycles. The number of carbonyl (C=O) groups is 1. The average Bonchev–Trinajstić information content (AvgIpc) is 2.46. The van der Waals surface area contributed by atoms with Crippen molar-refractivity contribution in [3.8, 4) is 0 Å². The fourth-order valence-electron chi connectivity index (χ4n) is 1.98. The van der Waals surface area contributed by atoms with Crippen LogP contribution in [-0.4, -0.2) is 39.7 Å². The molecule has 1 N–H and O–H groups in total. The van der Waals surface area contributed by atoms with Gasteiger partial charge in [-0.1, -0.05) is 45.2 Å². The summed E-state index contributed by atoms with van der Waals surface area (Å²) < 4.78 is 11.7. The van der Waals surface area contributed by atoms with Crippen molar-refractivity contribution in [3.05, 3.63) is 10.8 Å². The summed E-state index contributed by atoms with van der Waals surface area (Å²) in [4.78, 5) is 11.2. The van der Waals surface area contributed by atoms with Crippen LogP contribution in [0.3, 0.4) is 0 Å². The van der Waals surface area contributed by atoms with Crippen LogP contribution in [0.4, 0.5) is 0 Å². The lowest BCUT2D eigenvalue weighted by Crippen LogP contribution is -2.28. The second-order valence-electron chi connectivity index (χ2n) is 5.37. The molecule has 0 aromatic rings. The molecule has 124 valence electrons. The molecular formula is C16H32O4Si. The van der Waals surface area contributed by atoms with Gasteiger partial charge in [-0.05, 0) is 26.2 Å². The number of aliphatic carboxylic acids is 1. The number of hydrogen-bond donors (Lipinski definition) is 1. The standard InChI is InChI=1S/C16H32O4Si/c1-5-8-11-19-16(20-12-9-6-2)21-14(10-7-3)13(4)15(17)18/h16H,5-12,21H2,1-4H3,(H,17,18)/b14-13+. The molecule has 0 aromatic heterocycles. The lowest BCUT2D eigenvalue weighted by Gasteiger charge is -2.20. The molecule has 0 spiro atoms. The lowest BCUT2D eigenvalue weighted by atomic mass is 10.2. The number of rotatable bonds is 13. The van der Waals surface area contributed by atoms with E-state index in [1.54, 1.807) is 6.92 Å². The highest BCUT2D eigenvalue weighted by Crippen LogP contribution is 2.14. The van der Waals surface area contributed by atoms with Gasteiger partial charge in [0.1, 0.15) is 15.4 Å². The van der Waals surface area contributed by atoms with Crippen LogP contribution >= 0.6 is 0 Å². The predicted octanol–water partition coefficient (Wildman–Crippen LogP) is 3.23. The Morgan fingerprint density at radius 2 is 1.57 bits per heavy atom. The number of allylic oxidation sites excluding steroid dienone is 1. The fourth-order valence-corrected chi connectivity index (χ4v) is 3.97. The zero-order valence-corrected chi connectivity index (χ0v) is 15.5. The van der Waals surface area contributed by atoms with E-state index in [1.165, 1.54) is 0 Å². The van der Waals surface area contributed by atoms with Gasteiger partial charge in [0.2, 0.25) is 0 Å². The topological polar surface area (TPSA) is 55.8 Å². The first-order valence-corrected chi connectivity index (χ1v) is 9.74. The predicted molar refractivity (Wildman–Crippen MR) is 89.3 cm³/mol. The van der Waals surface area contributed by atoms with Crippen LogP contribution in [0.15, 0.2) is 10.8 Å². The van der Waals surface area contributed by atoms with E-state index in [4.69, 9.17) is 9.47 Å². The van der Waals surface area contributed by atoms with Gasteiger partial charge < -0.3 is 14.6 Å². The molecule has 4 nitrogen and oxygen atoms in total. The molecule has 0 saturated heterocycles. The summed E-state index contributed by atoms with van der Waals surface area (Å²) >= 11 is 0. The Balaban J connectivity index is 4.69. The summed E-state index contributed by atoms with van der Waals surface area (Å²) in [5.41, 5.74) is 0.492. The quantitative estimate of drug-likeness (QED) is 0.245. The Morgan fingerprint density at radius 1 is 1.05 bits per heavy atom. The van der Waals surface area contributed by atoms with Crippen LogP contribution in [0.5, 0.6) is 0 Å². The van der Waals surface area contributed by atoms with Gasteiger partial charge in [-0.2, -0.15) is 0 Å². The Labute approximate surface area is 131 Å². The van der Waals surface area contributed by atoms with Crippen LogP contribution in [0.2, 0.25) is 0 Å². The molecule has 0 heterocycles. The molecule has 0 aromatic carbocycles. The molecule has 5 heteroatoms. The Kier molecular flexibility index (Phi) is 12.6. The molecule has 0 atom stereocenters. The molecule has 0 aliphatic carbocycles. The third kappa shape index (κ3) is 9.82. The highest BCUT2D eigenvalue weighted by Gasteiger charge is 2.17. The van der Waals surface area contributed by atoms with Crippen molar-refractivity contribution in [2.45, 2.75) is 72.1 Å². The van der Waals surface area contributed by atoms with Crippen molar-refractivity contribution in [1.82, 2.24) is 0 Å². The molecule has 0 fully saturated rings. The van der Waals surface area contributed by atoms with E-state index >= 15 is 0 Å². The number of carboxylic acids is 1. The lowest BCUT2D eigenvalue weighted by molar-refractivity contribution is -0.132. The second kappa shape index (κ2) is 13.0. The summed E-state index contributed by atoms with van der Waals surface area (Å²) in [7, 11) is -0.864. The maximum absolute atomic E-state index is 11.2. The van der Waals surface area contributed by atoms with Gasteiger partial charge in [-0.15, -0.1) is 0 Å². The van der Waals surface area contributed by atoms with E-state index in [1.807, 2.05) is 0 Å². The normalized spacial score (nSPS) is 13.2. The van der Waals surface area contributed by atoms with Crippen LogP contribution < -0.4 is 0 Å². The maximum atomic E-state index is 11.2. The minimum Gasteiger partial charge on any atom is -0.478 e. The van der Waals surface area contributed by atoms with E-state index in [2.05, 4.69) is 20.8 Å². The van der Waals surface area contributed by atoms with Crippen LogP contribution in [0.25, 0.3) is 0 Å². The van der Waals surface area contributed by atoms with Crippen LogP contribution in [-0.2, 0) is 14.3 Å². The number of carboxylic acid groups (broad SMARTS) is 1. The highest BCUT2D eigenvalue weighted by atomic mass is 28.2. The molecule has 0 unspecified atom stereocenters. The van der Waals surface area contributed by atoms with Crippen molar-refractivity contribution < 1.29 is 19.4 Å². The maximum Gasteiger partial charge on any atom is 0.330 e. The molecule has 21 heavy (non-hydrogen) atoms. The summed E-state index contributed by atoms with van der Waals surface area (Å²) in [6.07, 6.45) is 6.03. The molecule has 0 bridgehead atoms. The van der Waals surface area contributed by atoms with E-state index < -0.39 is 15.5 Å². The third-order valence-electron chi connectivity index (χ3n) is 3.42. The van der Waals surface area contributed by atoms with Crippen molar-refractivity contribution in [2.24, 2.45) is 0 Å². The van der Waals surface area contributed by atoms with E-state index in [0.717, 1.165) is 43.7 Å². The molecule has 0 rings (SSSR count). The van der Waals surface area contributed by atoms with Crippen molar-refractivity contribution in [3.63, 3.8) is 0 Å². The van der Waals surface area contributed by atoms with Crippen LogP contribution in [0, 0.1) is 0 Å². The monoisotopic (exact) mass is 316 g/mol. The average molecular weight is 317 g/mol. The largest absolute Gasteiger partial charge is 0.478 e. The Hall–Kier alpha value is -0.653. The summed E-state index contributed by atoms with van der Waals surface area (Å²) in [5.74, 6) is -0.995. The third-order valence-corrected chi connectivity index (χ3v) is 5.60. The number of unbranched alkanes of at least 4 members (excludes halogenated alkanes) is 2. The fraction of sp³-hybridized carbons (Fsp3) is 0.812. The summed E-state index contributed by atoms with van der Waals surface area (Å²) in [6, 6.07) is 0. The van der Waals surface area contributed by atoms with Gasteiger partial charge >= 0.3 is 5.97 Å². The molecule has 0 saturated carbocycles. The Bertz CT molecular complexity index is 305. The molecule has 0 amide bonds. The number of hydrogen-bond acceptors (Lipinski definition) is 3. The number of ether oxygens (including phenoxy) is 2.